The molecule has 3 N–H and O–H groups in total. The number of benzene rings is 2. The standard InChI is InChI=1S/C19H13F3N4O4/c20-19(21,22)30-12-2-4-16-14(6-12)25-18(28)13-5-10(1-3-15(13)29-16)11-7-24-26(8-11)9-17(23)27/h1-8H,9H2,(H2,23,27)(H,25,28). The first kappa shape index (κ1) is 19.3. The SMILES string of the molecule is NC(=O)Cn1cc(-c2ccc3c(c2)C(=O)Nc2cc(OC(F)(F)F)ccc2O3)cn1. The lowest BCUT2D eigenvalue weighted by atomic mass is 10.0. The lowest BCUT2D eigenvalue weighted by Gasteiger charge is -2.12. The fraction of sp³-hybridized carbons (Fsp3) is 0.105. The Kier molecular flexibility index (Phi) is 4.57. The molecule has 0 spiro atoms. The number of carbonyl (C=O) groups excluding carboxylic acids is 2. The molecule has 0 radical (unpaired) electrons. The van der Waals surface area contributed by atoms with Crippen LogP contribution in [0.2, 0.25) is 0 Å². The van der Waals surface area contributed by atoms with Crippen molar-refractivity contribution in [3.63, 3.8) is 0 Å². The summed E-state index contributed by atoms with van der Waals surface area (Å²) in [6.07, 6.45) is -1.76. The second-order valence-electron chi connectivity index (χ2n) is 6.37. The summed E-state index contributed by atoms with van der Waals surface area (Å²) in [5, 5.41) is 6.55. The number of ether oxygens (including phenoxy) is 2. The van der Waals surface area contributed by atoms with Gasteiger partial charge in [0.1, 0.15) is 18.0 Å². The Morgan fingerprint density at radius 3 is 2.67 bits per heavy atom. The van der Waals surface area contributed by atoms with E-state index in [9.17, 15) is 22.8 Å². The molecule has 0 fully saturated rings. The summed E-state index contributed by atoms with van der Waals surface area (Å²) in [6, 6.07) is 8.18. The average molecular weight is 418 g/mol. The minimum atomic E-state index is -4.86. The van der Waals surface area contributed by atoms with Gasteiger partial charge in [0.25, 0.3) is 5.91 Å². The summed E-state index contributed by atoms with van der Waals surface area (Å²) in [5.41, 5.74) is 6.61. The van der Waals surface area contributed by atoms with Crippen molar-refractivity contribution in [2.45, 2.75) is 12.9 Å². The van der Waals surface area contributed by atoms with Crippen LogP contribution in [0.4, 0.5) is 18.9 Å². The maximum Gasteiger partial charge on any atom is 0.573 e. The lowest BCUT2D eigenvalue weighted by molar-refractivity contribution is -0.274. The number of fused-ring (bicyclic) bond motifs is 2. The molecule has 4 rings (SSSR count). The summed E-state index contributed by atoms with van der Waals surface area (Å²) in [5.74, 6) is -1.22. The molecule has 154 valence electrons. The van der Waals surface area contributed by atoms with Gasteiger partial charge < -0.3 is 20.5 Å². The Labute approximate surface area is 167 Å². The van der Waals surface area contributed by atoms with Crippen LogP contribution in [0.1, 0.15) is 10.4 Å². The molecule has 2 aromatic carbocycles. The molecular formula is C19H13F3N4O4. The molecule has 0 bridgehead atoms. The van der Waals surface area contributed by atoms with Gasteiger partial charge in [0.2, 0.25) is 5.91 Å². The van der Waals surface area contributed by atoms with E-state index < -0.39 is 23.9 Å². The number of hydrogen-bond acceptors (Lipinski definition) is 5. The highest BCUT2D eigenvalue weighted by molar-refractivity contribution is 6.08. The Morgan fingerprint density at radius 2 is 1.93 bits per heavy atom. The zero-order chi connectivity index (χ0) is 21.5. The first-order valence-corrected chi connectivity index (χ1v) is 8.52. The van der Waals surface area contributed by atoms with Crippen molar-refractivity contribution >= 4 is 17.5 Å². The highest BCUT2D eigenvalue weighted by Crippen LogP contribution is 2.39. The largest absolute Gasteiger partial charge is 0.573 e. The molecule has 0 saturated carbocycles. The van der Waals surface area contributed by atoms with E-state index in [1.54, 1.807) is 24.4 Å². The van der Waals surface area contributed by atoms with Gasteiger partial charge in [0.05, 0.1) is 17.4 Å². The van der Waals surface area contributed by atoms with Crippen LogP contribution in [0.5, 0.6) is 17.2 Å². The van der Waals surface area contributed by atoms with Crippen molar-refractivity contribution < 1.29 is 32.2 Å². The van der Waals surface area contributed by atoms with Crippen LogP contribution in [-0.2, 0) is 11.3 Å². The summed E-state index contributed by atoms with van der Waals surface area (Å²) in [7, 11) is 0. The van der Waals surface area contributed by atoms with Crippen LogP contribution in [0, 0.1) is 0 Å². The molecule has 0 unspecified atom stereocenters. The van der Waals surface area contributed by atoms with Gasteiger partial charge in [-0.15, -0.1) is 13.2 Å². The van der Waals surface area contributed by atoms with Gasteiger partial charge in [0.15, 0.2) is 5.75 Å². The predicted molar refractivity (Wildman–Crippen MR) is 98.0 cm³/mol. The van der Waals surface area contributed by atoms with E-state index in [0.29, 0.717) is 11.1 Å². The Bertz CT molecular complexity index is 1160. The minimum Gasteiger partial charge on any atom is -0.454 e. The number of primary amides is 1. The fourth-order valence-corrected chi connectivity index (χ4v) is 2.94. The molecule has 1 aliphatic heterocycles. The molecule has 8 nitrogen and oxygen atoms in total. The molecule has 1 aromatic heterocycles. The van der Waals surface area contributed by atoms with E-state index in [4.69, 9.17) is 10.5 Å². The molecule has 0 atom stereocenters. The van der Waals surface area contributed by atoms with Crippen LogP contribution < -0.4 is 20.5 Å². The van der Waals surface area contributed by atoms with Crippen molar-refractivity contribution in [3.8, 4) is 28.4 Å². The number of halogens is 3. The van der Waals surface area contributed by atoms with Crippen molar-refractivity contribution in [2.24, 2.45) is 5.73 Å². The third-order valence-electron chi connectivity index (χ3n) is 4.16. The maximum atomic E-state index is 12.7. The van der Waals surface area contributed by atoms with Gasteiger partial charge in [-0.3, -0.25) is 14.3 Å². The molecule has 0 saturated heterocycles. The predicted octanol–water partition coefficient (Wildman–Crippen LogP) is 3.29. The molecule has 0 aliphatic carbocycles. The zero-order valence-corrected chi connectivity index (χ0v) is 15.1. The third kappa shape index (κ3) is 4.04. The first-order valence-electron chi connectivity index (χ1n) is 8.52. The number of nitrogens with zero attached hydrogens (tertiary/aromatic N) is 2. The zero-order valence-electron chi connectivity index (χ0n) is 15.1. The fourth-order valence-electron chi connectivity index (χ4n) is 2.94. The van der Waals surface area contributed by atoms with E-state index in [-0.39, 0.29) is 29.3 Å². The van der Waals surface area contributed by atoms with Gasteiger partial charge in [0, 0.05) is 17.8 Å². The van der Waals surface area contributed by atoms with Crippen molar-refractivity contribution in [1.82, 2.24) is 9.78 Å². The number of nitrogens with one attached hydrogen (secondary N) is 1. The summed E-state index contributed by atoms with van der Waals surface area (Å²) in [6.45, 7) is -0.0911. The second-order valence-corrected chi connectivity index (χ2v) is 6.37. The molecular weight excluding hydrogens is 405 g/mol. The molecule has 3 aromatic rings. The molecule has 2 heterocycles. The van der Waals surface area contributed by atoms with Gasteiger partial charge in [-0.2, -0.15) is 5.10 Å². The van der Waals surface area contributed by atoms with Gasteiger partial charge in [-0.05, 0) is 29.8 Å². The van der Waals surface area contributed by atoms with Crippen molar-refractivity contribution in [1.29, 1.82) is 0 Å². The van der Waals surface area contributed by atoms with Crippen LogP contribution in [0.25, 0.3) is 11.1 Å². The minimum absolute atomic E-state index is 0.0359. The molecule has 1 aliphatic rings. The number of rotatable bonds is 4. The lowest BCUT2D eigenvalue weighted by Crippen LogP contribution is -2.18. The number of hydrogen-bond donors (Lipinski definition) is 2. The van der Waals surface area contributed by atoms with E-state index in [0.717, 1.165) is 12.1 Å². The quantitative estimate of drug-likeness (QED) is 0.676. The topological polar surface area (TPSA) is 108 Å². The Hall–Kier alpha value is -4.02. The highest BCUT2D eigenvalue weighted by atomic mass is 19.4. The number of anilines is 1. The molecule has 2 amide bonds. The Balaban J connectivity index is 1.64. The van der Waals surface area contributed by atoms with Gasteiger partial charge >= 0.3 is 6.36 Å². The van der Waals surface area contributed by atoms with Crippen LogP contribution >= 0.6 is 0 Å². The van der Waals surface area contributed by atoms with Crippen LogP contribution in [0.3, 0.4) is 0 Å². The van der Waals surface area contributed by atoms with Gasteiger partial charge in [-0.1, -0.05) is 6.07 Å². The number of aromatic nitrogens is 2. The second kappa shape index (κ2) is 7.10. The van der Waals surface area contributed by atoms with Crippen LogP contribution in [0.15, 0.2) is 48.8 Å². The number of nitrogens with two attached hydrogens (primary N) is 1. The van der Waals surface area contributed by atoms with Crippen molar-refractivity contribution in [2.75, 3.05) is 5.32 Å². The van der Waals surface area contributed by atoms with Crippen molar-refractivity contribution in [3.05, 3.63) is 54.4 Å². The maximum absolute atomic E-state index is 12.7. The van der Waals surface area contributed by atoms with Gasteiger partial charge in [-0.25, -0.2) is 0 Å². The summed E-state index contributed by atoms with van der Waals surface area (Å²) >= 11 is 0. The van der Waals surface area contributed by atoms with Crippen LogP contribution in [-0.4, -0.2) is 28.0 Å². The van der Waals surface area contributed by atoms with E-state index in [1.807, 2.05) is 0 Å². The normalized spacial score (nSPS) is 12.8. The van der Waals surface area contributed by atoms with E-state index >= 15 is 0 Å². The number of amides is 2. The van der Waals surface area contributed by atoms with E-state index in [2.05, 4.69) is 15.2 Å². The highest BCUT2D eigenvalue weighted by Gasteiger charge is 2.32. The Morgan fingerprint density at radius 1 is 1.17 bits per heavy atom. The first-order chi connectivity index (χ1) is 14.2. The summed E-state index contributed by atoms with van der Waals surface area (Å²) in [4.78, 5) is 23.7. The smallest absolute Gasteiger partial charge is 0.454 e. The third-order valence-corrected chi connectivity index (χ3v) is 4.16. The number of carbonyl (C=O) groups is 2. The average Bonchev–Trinajstić information content (AvgIpc) is 3.05. The molecule has 11 heteroatoms. The summed E-state index contributed by atoms with van der Waals surface area (Å²) < 4.78 is 48.3. The molecule has 30 heavy (non-hydrogen) atoms. The monoisotopic (exact) mass is 418 g/mol. The number of alkyl halides is 3. The van der Waals surface area contributed by atoms with E-state index in [1.165, 1.54) is 16.9 Å².